The maximum absolute atomic E-state index is 13.0. The van der Waals surface area contributed by atoms with Gasteiger partial charge in [-0.25, -0.2) is 4.98 Å². The van der Waals surface area contributed by atoms with Crippen LogP contribution in [0.4, 0.5) is 0 Å². The number of aryl methyl sites for hydroxylation is 1. The van der Waals surface area contributed by atoms with E-state index in [1.807, 2.05) is 61.5 Å². The highest BCUT2D eigenvalue weighted by Crippen LogP contribution is 2.33. The number of nitrogens with zero attached hydrogens (tertiary/aromatic N) is 1. The summed E-state index contributed by atoms with van der Waals surface area (Å²) in [6, 6.07) is 20.5. The maximum atomic E-state index is 13.0. The smallest absolute Gasteiger partial charge is 0.263 e. The topological polar surface area (TPSA) is 68.3 Å². The Balaban J connectivity index is 1.56. The molecule has 0 unspecified atom stereocenters. The second-order valence-electron chi connectivity index (χ2n) is 7.37. The molecule has 3 aromatic carbocycles. The first-order valence-electron chi connectivity index (χ1n) is 10.2. The number of aldehydes is 1. The molecule has 0 saturated heterocycles. The Morgan fingerprint density at radius 2 is 1.88 bits per heavy atom. The third-order valence-electron chi connectivity index (χ3n) is 5.18. The molecule has 5 nitrogen and oxygen atoms in total. The lowest BCUT2D eigenvalue weighted by Crippen LogP contribution is -2.22. The Bertz CT molecular complexity index is 1330. The van der Waals surface area contributed by atoms with Crippen LogP contribution in [0.25, 0.3) is 21.7 Å². The van der Waals surface area contributed by atoms with Gasteiger partial charge in [-0.1, -0.05) is 54.1 Å². The third kappa shape index (κ3) is 4.97. The summed E-state index contributed by atoms with van der Waals surface area (Å²) in [5.41, 5.74) is 4.73. The highest BCUT2D eigenvalue weighted by atomic mass is 35.5. The molecule has 0 aliphatic heterocycles. The summed E-state index contributed by atoms with van der Waals surface area (Å²) < 4.78 is 5.49. The zero-order valence-electron chi connectivity index (χ0n) is 18.1. The number of hydrogen-bond acceptors (Lipinski definition) is 5. The van der Waals surface area contributed by atoms with Crippen molar-refractivity contribution < 1.29 is 14.3 Å². The number of methoxy groups -OCH3 is 1. The summed E-state index contributed by atoms with van der Waals surface area (Å²) >= 11 is 7.60. The van der Waals surface area contributed by atoms with Crippen LogP contribution in [-0.2, 0) is 6.54 Å². The van der Waals surface area contributed by atoms with Crippen molar-refractivity contribution in [3.8, 4) is 27.4 Å². The molecule has 7 heteroatoms. The summed E-state index contributed by atoms with van der Waals surface area (Å²) in [6.45, 7) is 2.09. The average molecular weight is 477 g/mol. The molecule has 0 atom stereocenters. The van der Waals surface area contributed by atoms with Crippen LogP contribution in [0.3, 0.4) is 0 Å². The number of carbonyl (C=O) groups excluding carboxylic acids is 2. The highest BCUT2D eigenvalue weighted by Gasteiger charge is 2.18. The van der Waals surface area contributed by atoms with Gasteiger partial charge in [0, 0.05) is 23.2 Å². The number of amides is 1. The minimum atomic E-state index is -0.210. The summed E-state index contributed by atoms with van der Waals surface area (Å²) in [5, 5.41) is 4.28. The molecule has 1 heterocycles. The number of carbonyl (C=O) groups is 2. The van der Waals surface area contributed by atoms with Crippen molar-refractivity contribution in [2.24, 2.45) is 0 Å². The number of thiazole rings is 1. The second kappa shape index (κ2) is 9.98. The molecule has 1 aromatic heterocycles. The van der Waals surface area contributed by atoms with Crippen LogP contribution in [0.2, 0.25) is 5.02 Å². The van der Waals surface area contributed by atoms with Crippen LogP contribution in [0, 0.1) is 6.92 Å². The summed E-state index contributed by atoms with van der Waals surface area (Å²) in [6.07, 6.45) is 0.822. The largest absolute Gasteiger partial charge is 0.496 e. The van der Waals surface area contributed by atoms with Crippen LogP contribution < -0.4 is 10.1 Å². The lowest BCUT2D eigenvalue weighted by Gasteiger charge is -2.12. The lowest BCUT2D eigenvalue weighted by atomic mass is 10.0. The predicted molar refractivity (Wildman–Crippen MR) is 132 cm³/mol. The van der Waals surface area contributed by atoms with Gasteiger partial charge in [-0.15, -0.1) is 11.3 Å². The molecule has 0 saturated carbocycles. The molecule has 1 amide bonds. The molecule has 33 heavy (non-hydrogen) atoms. The number of benzene rings is 3. The Morgan fingerprint density at radius 1 is 1.09 bits per heavy atom. The van der Waals surface area contributed by atoms with E-state index in [9.17, 15) is 9.59 Å². The van der Waals surface area contributed by atoms with E-state index >= 15 is 0 Å². The van der Waals surface area contributed by atoms with Gasteiger partial charge in [0.15, 0.2) is 0 Å². The summed E-state index contributed by atoms with van der Waals surface area (Å²) in [5.74, 6) is 0.460. The van der Waals surface area contributed by atoms with Crippen LogP contribution in [0.5, 0.6) is 5.75 Å². The Hall–Kier alpha value is -3.48. The van der Waals surface area contributed by atoms with Crippen molar-refractivity contribution in [2.45, 2.75) is 13.5 Å². The standard InChI is InChI=1S/C26H21ClN2O3S/c1-16-24(33-26(29-16)21-8-3-4-9-22(21)27)25(31)28-14-20-13-19(10-11-23(20)32-2)18-7-5-6-17(12-18)15-30/h3-13,15H,14H2,1-2H3,(H,28,31). The molecular formula is C26H21ClN2O3S. The van der Waals surface area contributed by atoms with Crippen LogP contribution in [-0.4, -0.2) is 24.3 Å². The van der Waals surface area contributed by atoms with E-state index in [0.717, 1.165) is 28.5 Å². The van der Waals surface area contributed by atoms with Gasteiger partial charge >= 0.3 is 0 Å². The first-order valence-corrected chi connectivity index (χ1v) is 11.4. The number of aromatic nitrogens is 1. The fourth-order valence-corrected chi connectivity index (χ4v) is 4.80. The normalized spacial score (nSPS) is 10.6. The van der Waals surface area contributed by atoms with Gasteiger partial charge in [0.2, 0.25) is 0 Å². The molecule has 0 fully saturated rings. The van der Waals surface area contributed by atoms with Crippen molar-refractivity contribution in [1.29, 1.82) is 0 Å². The van der Waals surface area contributed by atoms with E-state index in [-0.39, 0.29) is 12.5 Å². The third-order valence-corrected chi connectivity index (χ3v) is 6.70. The minimum absolute atomic E-state index is 0.210. The quantitative estimate of drug-likeness (QED) is 0.323. The molecule has 166 valence electrons. The van der Waals surface area contributed by atoms with E-state index in [0.29, 0.717) is 31.9 Å². The van der Waals surface area contributed by atoms with Gasteiger partial charge < -0.3 is 10.1 Å². The van der Waals surface area contributed by atoms with E-state index in [2.05, 4.69) is 10.3 Å². The molecule has 0 radical (unpaired) electrons. The first kappa shape index (κ1) is 22.7. The van der Waals surface area contributed by atoms with Crippen LogP contribution >= 0.6 is 22.9 Å². The van der Waals surface area contributed by atoms with Gasteiger partial charge in [-0.3, -0.25) is 9.59 Å². The number of halogens is 1. The van der Waals surface area contributed by atoms with Crippen molar-refractivity contribution in [3.05, 3.63) is 93.5 Å². The SMILES string of the molecule is COc1ccc(-c2cccc(C=O)c2)cc1CNC(=O)c1sc(-c2ccccc2Cl)nc1C. The maximum Gasteiger partial charge on any atom is 0.263 e. The van der Waals surface area contributed by atoms with Gasteiger partial charge in [0.25, 0.3) is 5.91 Å². The first-order chi connectivity index (χ1) is 16.0. The van der Waals surface area contributed by atoms with E-state index < -0.39 is 0 Å². The monoisotopic (exact) mass is 476 g/mol. The molecule has 0 aliphatic rings. The van der Waals surface area contributed by atoms with Crippen LogP contribution in [0.1, 0.15) is 31.3 Å². The summed E-state index contributed by atoms with van der Waals surface area (Å²) in [7, 11) is 1.59. The Labute approximate surface area is 201 Å². The molecule has 0 bridgehead atoms. The number of nitrogens with one attached hydrogen (secondary N) is 1. The van der Waals surface area contributed by atoms with E-state index in [4.69, 9.17) is 16.3 Å². The zero-order chi connectivity index (χ0) is 23.4. The van der Waals surface area contributed by atoms with Gasteiger partial charge in [-0.2, -0.15) is 0 Å². The fourth-order valence-electron chi connectivity index (χ4n) is 3.50. The molecular weight excluding hydrogens is 456 g/mol. The average Bonchev–Trinajstić information content (AvgIpc) is 3.24. The van der Waals surface area contributed by atoms with Crippen molar-refractivity contribution >= 4 is 35.1 Å². The van der Waals surface area contributed by atoms with Crippen molar-refractivity contribution in [3.63, 3.8) is 0 Å². The summed E-state index contributed by atoms with van der Waals surface area (Å²) in [4.78, 5) is 29.2. The predicted octanol–water partition coefficient (Wildman–Crippen LogP) is 6.19. The molecule has 4 aromatic rings. The van der Waals surface area contributed by atoms with E-state index in [1.54, 1.807) is 19.2 Å². The highest BCUT2D eigenvalue weighted by molar-refractivity contribution is 7.17. The second-order valence-corrected chi connectivity index (χ2v) is 8.77. The van der Waals surface area contributed by atoms with Crippen molar-refractivity contribution in [2.75, 3.05) is 7.11 Å². The molecule has 0 aliphatic carbocycles. The van der Waals surface area contributed by atoms with Crippen molar-refractivity contribution in [1.82, 2.24) is 10.3 Å². The molecule has 1 N–H and O–H groups in total. The molecule has 0 spiro atoms. The number of hydrogen-bond donors (Lipinski definition) is 1. The fraction of sp³-hybridized carbons (Fsp3) is 0.115. The zero-order valence-corrected chi connectivity index (χ0v) is 19.7. The van der Waals surface area contributed by atoms with Gasteiger partial charge in [0.1, 0.15) is 21.9 Å². The lowest BCUT2D eigenvalue weighted by molar-refractivity contribution is 0.0953. The number of rotatable bonds is 7. The van der Waals surface area contributed by atoms with E-state index in [1.165, 1.54) is 11.3 Å². The Morgan fingerprint density at radius 3 is 2.64 bits per heavy atom. The van der Waals surface area contributed by atoms with Crippen LogP contribution in [0.15, 0.2) is 66.7 Å². The number of ether oxygens (including phenoxy) is 1. The Kier molecular flexibility index (Phi) is 6.87. The van der Waals surface area contributed by atoms with Gasteiger partial charge in [-0.05, 0) is 42.3 Å². The molecule has 4 rings (SSSR count). The van der Waals surface area contributed by atoms with Gasteiger partial charge in [0.05, 0.1) is 17.8 Å². The minimum Gasteiger partial charge on any atom is -0.496 e.